The molecule has 0 saturated heterocycles. The van der Waals surface area contributed by atoms with E-state index in [-0.39, 0.29) is 11.8 Å². The number of benzene rings is 1. The van der Waals surface area contributed by atoms with Gasteiger partial charge in [0.1, 0.15) is 6.04 Å². The Hall–Kier alpha value is -2.37. The Balaban J connectivity index is 2.60. The number of anilines is 1. The molecule has 1 aromatic rings. The van der Waals surface area contributed by atoms with Gasteiger partial charge < -0.3 is 16.4 Å². The molecule has 126 valence electrons. The lowest BCUT2D eigenvalue weighted by Gasteiger charge is -2.15. The van der Waals surface area contributed by atoms with E-state index in [1.54, 1.807) is 24.3 Å². The lowest BCUT2D eigenvalue weighted by atomic mass is 10.1. The van der Waals surface area contributed by atoms with Crippen LogP contribution in [0.1, 0.15) is 56.3 Å². The molecule has 6 heteroatoms. The molecule has 1 atom stereocenters. The van der Waals surface area contributed by atoms with E-state index in [1.807, 2.05) is 0 Å². The fraction of sp³-hybridized carbons (Fsp3) is 0.471. The molecule has 0 fully saturated rings. The Labute approximate surface area is 136 Å². The van der Waals surface area contributed by atoms with E-state index in [0.717, 1.165) is 25.7 Å². The van der Waals surface area contributed by atoms with Gasteiger partial charge >= 0.3 is 0 Å². The average Bonchev–Trinajstić information content (AvgIpc) is 2.50. The predicted molar refractivity (Wildman–Crippen MR) is 90.0 cm³/mol. The van der Waals surface area contributed by atoms with Crippen LogP contribution in [-0.2, 0) is 9.59 Å². The molecule has 0 radical (unpaired) electrons. The summed E-state index contributed by atoms with van der Waals surface area (Å²) in [5.74, 6) is -1.05. The number of unbranched alkanes of at least 4 members (excludes halogenated alkanes) is 3. The topological polar surface area (TPSA) is 101 Å². The molecule has 0 aromatic heterocycles. The first-order chi connectivity index (χ1) is 10.9. The van der Waals surface area contributed by atoms with E-state index >= 15 is 0 Å². The maximum Gasteiger partial charge on any atom is 0.251 e. The van der Waals surface area contributed by atoms with Gasteiger partial charge in [-0.3, -0.25) is 14.4 Å². The highest BCUT2D eigenvalue weighted by Crippen LogP contribution is 2.11. The minimum Gasteiger partial charge on any atom is -0.368 e. The molecule has 0 unspecified atom stereocenters. The van der Waals surface area contributed by atoms with Crippen LogP contribution in [0.5, 0.6) is 0 Å². The van der Waals surface area contributed by atoms with Crippen molar-refractivity contribution in [1.82, 2.24) is 5.32 Å². The third-order valence-electron chi connectivity index (χ3n) is 3.46. The molecule has 0 aliphatic carbocycles. The van der Waals surface area contributed by atoms with Crippen molar-refractivity contribution in [3.63, 3.8) is 0 Å². The Morgan fingerprint density at radius 1 is 1.09 bits per heavy atom. The van der Waals surface area contributed by atoms with Gasteiger partial charge in [-0.2, -0.15) is 0 Å². The number of primary amides is 1. The van der Waals surface area contributed by atoms with Crippen molar-refractivity contribution in [2.75, 3.05) is 5.32 Å². The second kappa shape index (κ2) is 9.61. The van der Waals surface area contributed by atoms with E-state index in [2.05, 4.69) is 17.6 Å². The molecule has 0 heterocycles. The summed E-state index contributed by atoms with van der Waals surface area (Å²) >= 11 is 0. The van der Waals surface area contributed by atoms with Crippen LogP contribution >= 0.6 is 0 Å². The van der Waals surface area contributed by atoms with Crippen LogP contribution in [0.4, 0.5) is 5.69 Å². The third kappa shape index (κ3) is 6.95. The van der Waals surface area contributed by atoms with Gasteiger partial charge in [0, 0.05) is 18.2 Å². The van der Waals surface area contributed by atoms with Gasteiger partial charge in [0.05, 0.1) is 0 Å². The normalized spacial score (nSPS) is 11.6. The molecule has 0 aliphatic rings. The maximum atomic E-state index is 12.2. The minimum atomic E-state index is -0.658. The first-order valence-corrected chi connectivity index (χ1v) is 7.92. The second-order valence-corrected chi connectivity index (χ2v) is 5.54. The Bertz CT molecular complexity index is 541. The zero-order valence-corrected chi connectivity index (χ0v) is 13.7. The largest absolute Gasteiger partial charge is 0.368 e. The Morgan fingerprint density at radius 2 is 1.74 bits per heavy atom. The van der Waals surface area contributed by atoms with Gasteiger partial charge in [0.25, 0.3) is 5.91 Å². The Morgan fingerprint density at radius 3 is 2.26 bits per heavy atom. The Kier molecular flexibility index (Phi) is 7.80. The van der Waals surface area contributed by atoms with Crippen LogP contribution in [0.15, 0.2) is 24.3 Å². The minimum absolute atomic E-state index is 0.178. The van der Waals surface area contributed by atoms with E-state index in [0.29, 0.717) is 17.7 Å². The van der Waals surface area contributed by atoms with Crippen molar-refractivity contribution in [3.8, 4) is 0 Å². The fourth-order valence-electron chi connectivity index (χ4n) is 2.21. The number of carbonyl (C=O) groups excluding carboxylic acids is 3. The quantitative estimate of drug-likeness (QED) is 0.608. The number of nitrogens with one attached hydrogen (secondary N) is 2. The van der Waals surface area contributed by atoms with E-state index in [9.17, 15) is 14.4 Å². The smallest absolute Gasteiger partial charge is 0.251 e. The average molecular weight is 319 g/mol. The zero-order valence-electron chi connectivity index (χ0n) is 13.7. The highest BCUT2D eigenvalue weighted by molar-refractivity contribution is 5.98. The number of nitrogens with two attached hydrogens (primary N) is 1. The van der Waals surface area contributed by atoms with Crippen molar-refractivity contribution in [1.29, 1.82) is 0 Å². The molecule has 4 N–H and O–H groups in total. The molecular weight excluding hydrogens is 294 g/mol. The summed E-state index contributed by atoms with van der Waals surface area (Å²) in [6.07, 6.45) is 4.62. The summed E-state index contributed by atoms with van der Waals surface area (Å²) in [5, 5.41) is 5.29. The zero-order chi connectivity index (χ0) is 17.2. The van der Waals surface area contributed by atoms with Gasteiger partial charge in [-0.15, -0.1) is 0 Å². The van der Waals surface area contributed by atoms with Gasteiger partial charge in [0.15, 0.2) is 0 Å². The van der Waals surface area contributed by atoms with Crippen LogP contribution in [0.3, 0.4) is 0 Å². The van der Waals surface area contributed by atoms with Crippen molar-refractivity contribution in [2.24, 2.45) is 5.73 Å². The first kappa shape index (κ1) is 18.7. The van der Waals surface area contributed by atoms with Gasteiger partial charge in [-0.1, -0.05) is 32.6 Å². The van der Waals surface area contributed by atoms with Crippen LogP contribution in [0.2, 0.25) is 0 Å². The van der Waals surface area contributed by atoms with Crippen LogP contribution in [0.25, 0.3) is 0 Å². The lowest BCUT2D eigenvalue weighted by Crippen LogP contribution is -2.44. The molecule has 0 aliphatic heterocycles. The molecule has 1 rings (SSSR count). The summed E-state index contributed by atoms with van der Waals surface area (Å²) in [7, 11) is 0. The van der Waals surface area contributed by atoms with Crippen molar-refractivity contribution < 1.29 is 14.4 Å². The number of amides is 3. The third-order valence-corrected chi connectivity index (χ3v) is 3.46. The molecule has 0 saturated carbocycles. The predicted octanol–water partition coefficient (Wildman–Crippen LogP) is 2.20. The first-order valence-electron chi connectivity index (χ1n) is 7.92. The van der Waals surface area contributed by atoms with Gasteiger partial charge in [-0.05, 0) is 30.7 Å². The van der Waals surface area contributed by atoms with Crippen molar-refractivity contribution in [3.05, 3.63) is 29.8 Å². The number of hydrogen-bond acceptors (Lipinski definition) is 3. The summed E-state index contributed by atoms with van der Waals surface area (Å²) in [5.41, 5.74) is 6.38. The molecule has 0 bridgehead atoms. The number of rotatable bonds is 9. The molecular formula is C17H25N3O3. The monoisotopic (exact) mass is 319 g/mol. The van der Waals surface area contributed by atoms with Crippen molar-refractivity contribution in [2.45, 2.75) is 52.0 Å². The molecule has 6 nitrogen and oxygen atoms in total. The fourth-order valence-corrected chi connectivity index (χ4v) is 2.21. The molecule has 1 aromatic carbocycles. The van der Waals surface area contributed by atoms with E-state index < -0.39 is 11.9 Å². The highest BCUT2D eigenvalue weighted by Gasteiger charge is 2.18. The van der Waals surface area contributed by atoms with Gasteiger partial charge in [0.2, 0.25) is 11.8 Å². The standard InChI is InChI=1S/C17H25N3O3/c1-3-4-5-6-7-15(16(18)22)20-17(23)13-8-10-14(11-9-13)19-12(2)21/h8-11,15H,3-7H2,1-2H3,(H2,18,22)(H,19,21)(H,20,23)/t15-/m1/s1. The lowest BCUT2D eigenvalue weighted by molar-refractivity contribution is -0.120. The molecule has 3 amide bonds. The highest BCUT2D eigenvalue weighted by atomic mass is 16.2. The van der Waals surface area contributed by atoms with Crippen LogP contribution in [0, 0.1) is 0 Å². The summed E-state index contributed by atoms with van der Waals surface area (Å²) in [6.45, 7) is 3.52. The second-order valence-electron chi connectivity index (χ2n) is 5.54. The van der Waals surface area contributed by atoms with Crippen molar-refractivity contribution >= 4 is 23.4 Å². The van der Waals surface area contributed by atoms with Crippen LogP contribution < -0.4 is 16.4 Å². The van der Waals surface area contributed by atoms with Gasteiger partial charge in [-0.25, -0.2) is 0 Å². The van der Waals surface area contributed by atoms with Crippen LogP contribution in [-0.4, -0.2) is 23.8 Å². The summed E-state index contributed by atoms with van der Waals surface area (Å²) in [4.78, 5) is 34.6. The molecule has 23 heavy (non-hydrogen) atoms. The summed E-state index contributed by atoms with van der Waals surface area (Å²) < 4.78 is 0. The number of carbonyl (C=O) groups is 3. The van der Waals surface area contributed by atoms with E-state index in [4.69, 9.17) is 5.73 Å². The molecule has 0 spiro atoms. The number of hydrogen-bond donors (Lipinski definition) is 3. The summed E-state index contributed by atoms with van der Waals surface area (Å²) in [6, 6.07) is 5.80. The maximum absolute atomic E-state index is 12.2. The van der Waals surface area contributed by atoms with E-state index in [1.165, 1.54) is 6.92 Å². The SMILES string of the molecule is CCCCCC[C@@H](NC(=O)c1ccc(NC(C)=O)cc1)C(N)=O.